The molecule has 0 aromatic heterocycles. The smallest absolute Gasteiger partial charge is 0.317 e. The fraction of sp³-hybridized carbons (Fsp3) is 0.350. The molecular weight excluding hydrogens is 352 g/mol. The van der Waals surface area contributed by atoms with Crippen molar-refractivity contribution in [2.75, 3.05) is 38.2 Å². The van der Waals surface area contributed by atoms with E-state index in [4.69, 9.17) is 4.74 Å². The minimum absolute atomic E-state index is 0.258. The van der Waals surface area contributed by atoms with Crippen molar-refractivity contribution in [1.29, 1.82) is 0 Å². The van der Waals surface area contributed by atoms with Gasteiger partial charge < -0.3 is 19.9 Å². The zero-order chi connectivity index (χ0) is 19.4. The number of anilines is 1. The number of halogens is 2. The third-order valence-electron chi connectivity index (χ3n) is 4.76. The second-order valence-corrected chi connectivity index (χ2v) is 6.48. The van der Waals surface area contributed by atoms with E-state index in [1.807, 2.05) is 24.3 Å². The molecule has 3 rings (SSSR count). The van der Waals surface area contributed by atoms with Crippen LogP contribution >= 0.6 is 0 Å². The summed E-state index contributed by atoms with van der Waals surface area (Å²) in [6.07, 6.45) is 0. The van der Waals surface area contributed by atoms with Crippen molar-refractivity contribution in [3.8, 4) is 5.75 Å². The maximum Gasteiger partial charge on any atom is 0.317 e. The van der Waals surface area contributed by atoms with Crippen LogP contribution < -0.4 is 15.0 Å². The summed E-state index contributed by atoms with van der Waals surface area (Å²) in [4.78, 5) is 16.4. The standard InChI is InChI=1S/C20H23F2N3O2/c1-14(16-8-7-15(21)13-17(16)22)23-20(26)25-11-9-24(10-12-25)18-5-3-4-6-19(18)27-2/h3-8,13-14H,9-12H2,1-2H3,(H,23,26). The fourth-order valence-electron chi connectivity index (χ4n) is 3.25. The van der Waals surface area contributed by atoms with Crippen molar-refractivity contribution in [2.45, 2.75) is 13.0 Å². The van der Waals surface area contributed by atoms with Crippen LogP contribution in [0.2, 0.25) is 0 Å². The van der Waals surface area contributed by atoms with Gasteiger partial charge in [0, 0.05) is 37.8 Å². The van der Waals surface area contributed by atoms with Crippen molar-refractivity contribution in [1.82, 2.24) is 10.2 Å². The molecule has 1 saturated heterocycles. The molecule has 0 aliphatic carbocycles. The Labute approximate surface area is 157 Å². The number of methoxy groups -OCH3 is 1. The number of para-hydroxylation sites is 2. The molecule has 7 heteroatoms. The van der Waals surface area contributed by atoms with Gasteiger partial charge in [-0.05, 0) is 25.1 Å². The van der Waals surface area contributed by atoms with Crippen LogP contribution in [0.25, 0.3) is 0 Å². The van der Waals surface area contributed by atoms with Crippen molar-refractivity contribution in [2.24, 2.45) is 0 Å². The van der Waals surface area contributed by atoms with Gasteiger partial charge in [0.1, 0.15) is 17.4 Å². The lowest BCUT2D eigenvalue weighted by atomic mass is 10.1. The van der Waals surface area contributed by atoms with E-state index in [1.165, 1.54) is 12.1 Å². The lowest BCUT2D eigenvalue weighted by molar-refractivity contribution is 0.191. The Morgan fingerprint density at radius 1 is 1.11 bits per heavy atom. The molecule has 5 nitrogen and oxygen atoms in total. The van der Waals surface area contributed by atoms with Crippen LogP contribution in [0.4, 0.5) is 19.3 Å². The van der Waals surface area contributed by atoms with Gasteiger partial charge >= 0.3 is 6.03 Å². The SMILES string of the molecule is COc1ccccc1N1CCN(C(=O)NC(C)c2ccc(F)cc2F)CC1. The van der Waals surface area contributed by atoms with Crippen molar-refractivity contribution < 1.29 is 18.3 Å². The monoisotopic (exact) mass is 375 g/mol. The van der Waals surface area contributed by atoms with Crippen LogP contribution in [0.1, 0.15) is 18.5 Å². The van der Waals surface area contributed by atoms with E-state index >= 15 is 0 Å². The fourth-order valence-corrected chi connectivity index (χ4v) is 3.25. The highest BCUT2D eigenvalue weighted by atomic mass is 19.1. The summed E-state index contributed by atoms with van der Waals surface area (Å²) in [5, 5.41) is 2.78. The minimum atomic E-state index is -0.663. The van der Waals surface area contributed by atoms with Gasteiger partial charge in [0.05, 0.1) is 18.8 Å². The first-order chi connectivity index (χ1) is 13.0. The number of hydrogen-bond acceptors (Lipinski definition) is 3. The number of benzene rings is 2. The van der Waals surface area contributed by atoms with Crippen LogP contribution in [0.3, 0.4) is 0 Å². The molecule has 1 aliphatic heterocycles. The van der Waals surface area contributed by atoms with Gasteiger partial charge in [-0.25, -0.2) is 13.6 Å². The number of nitrogens with zero attached hydrogens (tertiary/aromatic N) is 2. The second kappa shape index (κ2) is 8.24. The van der Waals surface area contributed by atoms with Crippen molar-refractivity contribution in [3.05, 3.63) is 59.7 Å². The zero-order valence-corrected chi connectivity index (χ0v) is 15.4. The Hall–Kier alpha value is -2.83. The summed E-state index contributed by atoms with van der Waals surface area (Å²) in [6, 6.07) is 10.3. The number of ether oxygens (including phenoxy) is 1. The van der Waals surface area contributed by atoms with Crippen LogP contribution in [-0.2, 0) is 0 Å². The highest BCUT2D eigenvalue weighted by Crippen LogP contribution is 2.28. The van der Waals surface area contributed by atoms with Gasteiger partial charge in [0.2, 0.25) is 0 Å². The number of nitrogens with one attached hydrogen (secondary N) is 1. The van der Waals surface area contributed by atoms with Gasteiger partial charge in [0.25, 0.3) is 0 Å². The zero-order valence-electron chi connectivity index (χ0n) is 15.4. The molecule has 2 aromatic carbocycles. The number of rotatable bonds is 4. The summed E-state index contributed by atoms with van der Waals surface area (Å²) in [7, 11) is 1.64. The quantitative estimate of drug-likeness (QED) is 0.889. The number of carbonyl (C=O) groups is 1. The largest absolute Gasteiger partial charge is 0.495 e. The van der Waals surface area contributed by atoms with Crippen LogP contribution in [0.5, 0.6) is 5.75 Å². The lowest BCUT2D eigenvalue weighted by Gasteiger charge is -2.37. The highest BCUT2D eigenvalue weighted by Gasteiger charge is 2.24. The van der Waals surface area contributed by atoms with Crippen LogP contribution in [-0.4, -0.2) is 44.2 Å². The Morgan fingerprint density at radius 2 is 1.81 bits per heavy atom. The minimum Gasteiger partial charge on any atom is -0.495 e. The summed E-state index contributed by atoms with van der Waals surface area (Å²) in [6.45, 7) is 4.12. The Morgan fingerprint density at radius 3 is 2.48 bits per heavy atom. The molecule has 1 N–H and O–H groups in total. The summed E-state index contributed by atoms with van der Waals surface area (Å²) in [5.74, 6) is -0.498. The topological polar surface area (TPSA) is 44.8 Å². The maximum absolute atomic E-state index is 13.9. The number of carbonyl (C=O) groups excluding carboxylic acids is 1. The van der Waals surface area contributed by atoms with Gasteiger partial charge in [0.15, 0.2) is 0 Å². The third kappa shape index (κ3) is 4.30. The first kappa shape index (κ1) is 18.9. The molecule has 1 fully saturated rings. The molecular formula is C20H23F2N3O2. The van der Waals surface area contributed by atoms with E-state index in [0.29, 0.717) is 26.2 Å². The molecule has 0 saturated carbocycles. The normalized spacial score (nSPS) is 15.4. The lowest BCUT2D eigenvalue weighted by Crippen LogP contribution is -2.52. The van der Waals surface area contributed by atoms with E-state index in [9.17, 15) is 13.6 Å². The molecule has 0 radical (unpaired) electrons. The van der Waals surface area contributed by atoms with E-state index < -0.39 is 17.7 Å². The van der Waals surface area contributed by atoms with E-state index in [-0.39, 0.29) is 11.6 Å². The summed E-state index contributed by atoms with van der Waals surface area (Å²) in [5.41, 5.74) is 1.26. The molecule has 1 aliphatic rings. The Bertz CT molecular complexity index is 808. The average molecular weight is 375 g/mol. The van der Waals surface area contributed by atoms with Gasteiger partial charge in [-0.15, -0.1) is 0 Å². The predicted molar refractivity (Wildman–Crippen MR) is 100 cm³/mol. The number of hydrogen-bond donors (Lipinski definition) is 1. The van der Waals surface area contributed by atoms with Gasteiger partial charge in [-0.1, -0.05) is 18.2 Å². The van der Waals surface area contributed by atoms with Crippen LogP contribution in [0, 0.1) is 11.6 Å². The van der Waals surface area contributed by atoms with E-state index in [1.54, 1.807) is 18.9 Å². The average Bonchev–Trinajstić information content (AvgIpc) is 2.68. The van der Waals surface area contributed by atoms with Gasteiger partial charge in [-0.3, -0.25) is 0 Å². The predicted octanol–water partition coefficient (Wildman–Crippen LogP) is 3.57. The second-order valence-electron chi connectivity index (χ2n) is 6.48. The molecule has 144 valence electrons. The molecule has 27 heavy (non-hydrogen) atoms. The molecule has 2 amide bonds. The Kier molecular flexibility index (Phi) is 5.78. The first-order valence-electron chi connectivity index (χ1n) is 8.88. The van der Waals surface area contributed by atoms with E-state index in [2.05, 4.69) is 10.2 Å². The van der Waals surface area contributed by atoms with Gasteiger partial charge in [-0.2, -0.15) is 0 Å². The number of piperazine rings is 1. The molecule has 0 spiro atoms. The Balaban J connectivity index is 1.58. The van der Waals surface area contributed by atoms with Crippen molar-refractivity contribution in [3.63, 3.8) is 0 Å². The molecule has 1 heterocycles. The summed E-state index contributed by atoms with van der Waals surface area (Å²) >= 11 is 0. The first-order valence-corrected chi connectivity index (χ1v) is 8.88. The highest BCUT2D eigenvalue weighted by molar-refractivity contribution is 5.75. The maximum atomic E-state index is 13.9. The molecule has 0 bridgehead atoms. The van der Waals surface area contributed by atoms with E-state index in [0.717, 1.165) is 17.5 Å². The molecule has 1 atom stereocenters. The molecule has 1 unspecified atom stereocenters. The van der Waals surface area contributed by atoms with Crippen molar-refractivity contribution >= 4 is 11.7 Å². The number of urea groups is 1. The third-order valence-corrected chi connectivity index (χ3v) is 4.76. The number of amides is 2. The van der Waals surface area contributed by atoms with Crippen LogP contribution in [0.15, 0.2) is 42.5 Å². The summed E-state index contributed by atoms with van der Waals surface area (Å²) < 4.78 is 32.3. The molecule has 2 aromatic rings.